The molecular formula is C61H54N2. The first kappa shape index (κ1) is 39.0. The predicted octanol–water partition coefficient (Wildman–Crippen LogP) is 16.9. The molecule has 0 N–H and O–H groups in total. The number of anilines is 3. The highest BCUT2D eigenvalue weighted by molar-refractivity contribution is 6.09. The summed E-state index contributed by atoms with van der Waals surface area (Å²) in [7, 11) is 0. The number of hydrogen-bond donors (Lipinski definition) is 0. The molecule has 8 aromatic rings. The van der Waals surface area contributed by atoms with Gasteiger partial charge in [-0.1, -0.05) is 167 Å². The van der Waals surface area contributed by atoms with Crippen LogP contribution >= 0.6 is 0 Å². The van der Waals surface area contributed by atoms with E-state index in [1.807, 2.05) is 0 Å². The van der Waals surface area contributed by atoms with Crippen LogP contribution in [-0.4, -0.2) is 4.57 Å². The van der Waals surface area contributed by atoms with E-state index in [1.165, 1.54) is 100 Å². The zero-order valence-corrected chi connectivity index (χ0v) is 36.9. The molecule has 1 aliphatic heterocycles. The van der Waals surface area contributed by atoms with Crippen LogP contribution in [0.5, 0.6) is 0 Å². The normalized spacial score (nSPS) is 16.7. The molecule has 0 spiro atoms. The molecule has 3 aliphatic rings. The van der Waals surface area contributed by atoms with Crippen molar-refractivity contribution in [3.8, 4) is 22.3 Å². The molecule has 63 heavy (non-hydrogen) atoms. The summed E-state index contributed by atoms with van der Waals surface area (Å²) in [6.07, 6.45) is 17.2. The molecule has 0 saturated carbocycles. The minimum Gasteiger partial charge on any atom is -0.333 e. The molecule has 0 radical (unpaired) electrons. The van der Waals surface area contributed by atoms with Crippen molar-refractivity contribution in [3.63, 3.8) is 0 Å². The summed E-state index contributed by atoms with van der Waals surface area (Å²) in [5.41, 5.74) is 22.1. The average molecular weight is 815 g/mol. The van der Waals surface area contributed by atoms with Gasteiger partial charge in [0.05, 0.1) is 17.4 Å². The van der Waals surface area contributed by atoms with Crippen LogP contribution in [0.15, 0.2) is 194 Å². The Labute approximate surface area is 372 Å². The number of nitrogens with zero attached hydrogens (tertiary/aromatic N) is 2. The van der Waals surface area contributed by atoms with Gasteiger partial charge in [-0.3, -0.25) is 0 Å². The van der Waals surface area contributed by atoms with Crippen LogP contribution in [0.4, 0.5) is 17.1 Å². The average Bonchev–Trinajstić information content (AvgIpc) is 3.68. The quantitative estimate of drug-likeness (QED) is 0.148. The summed E-state index contributed by atoms with van der Waals surface area (Å²) in [6.45, 7) is 9.52. The fraction of sp³-hybridized carbons (Fsp3) is 0.180. The Bertz CT molecular complexity index is 3170. The minimum absolute atomic E-state index is 0.245. The number of hydrogen-bond acceptors (Lipinski definition) is 1. The molecule has 2 aliphatic carbocycles. The maximum atomic E-state index is 2.56. The Balaban J connectivity index is 1.04. The molecule has 0 fully saturated rings. The monoisotopic (exact) mass is 814 g/mol. The van der Waals surface area contributed by atoms with Gasteiger partial charge in [-0.2, -0.15) is 0 Å². The number of para-hydroxylation sites is 1. The maximum absolute atomic E-state index is 2.56. The molecule has 0 saturated heterocycles. The Morgan fingerprint density at radius 2 is 1.24 bits per heavy atom. The second-order valence-electron chi connectivity index (χ2n) is 18.1. The third-order valence-electron chi connectivity index (χ3n) is 14.2. The smallest absolute Gasteiger partial charge is 0.0560 e. The number of aromatic nitrogens is 1. The van der Waals surface area contributed by atoms with Gasteiger partial charge >= 0.3 is 0 Å². The summed E-state index contributed by atoms with van der Waals surface area (Å²) in [5.74, 6) is 0. The molecule has 1 aromatic heterocycles. The van der Waals surface area contributed by atoms with E-state index < -0.39 is 0 Å². The fourth-order valence-corrected chi connectivity index (χ4v) is 10.8. The zero-order chi connectivity index (χ0) is 42.7. The van der Waals surface area contributed by atoms with Gasteiger partial charge in [-0.25, -0.2) is 0 Å². The fourth-order valence-electron chi connectivity index (χ4n) is 10.8. The molecule has 2 heterocycles. The van der Waals surface area contributed by atoms with Crippen LogP contribution in [0.1, 0.15) is 87.2 Å². The molecule has 1 atom stereocenters. The van der Waals surface area contributed by atoms with Crippen molar-refractivity contribution in [2.75, 3.05) is 4.90 Å². The van der Waals surface area contributed by atoms with E-state index in [0.717, 1.165) is 32.1 Å². The number of fused-ring (bicyclic) bond motifs is 5. The van der Waals surface area contributed by atoms with E-state index in [1.54, 1.807) is 5.57 Å². The zero-order valence-electron chi connectivity index (χ0n) is 36.9. The Kier molecular flexibility index (Phi) is 9.76. The van der Waals surface area contributed by atoms with Gasteiger partial charge in [0, 0.05) is 32.9 Å². The lowest BCUT2D eigenvalue weighted by atomic mass is 9.71. The summed E-state index contributed by atoms with van der Waals surface area (Å²) in [5, 5.41) is 2.60. The van der Waals surface area contributed by atoms with Crippen LogP contribution in [-0.2, 0) is 11.8 Å². The summed E-state index contributed by atoms with van der Waals surface area (Å²) < 4.78 is 2.56. The number of aryl methyl sites for hydroxylation is 1. The van der Waals surface area contributed by atoms with E-state index in [-0.39, 0.29) is 11.5 Å². The van der Waals surface area contributed by atoms with Gasteiger partial charge in [0.25, 0.3) is 0 Å². The van der Waals surface area contributed by atoms with Crippen LogP contribution in [0, 0.1) is 0 Å². The van der Waals surface area contributed by atoms with Crippen molar-refractivity contribution in [1.29, 1.82) is 0 Å². The van der Waals surface area contributed by atoms with E-state index in [9.17, 15) is 0 Å². The first-order valence-electron chi connectivity index (χ1n) is 23.0. The van der Waals surface area contributed by atoms with Crippen LogP contribution < -0.4 is 4.90 Å². The standard InChI is InChI=1S/C61H54N2/c1-5-41-17-13-14-22-51(41)53-40-56-60(39-42(53)6-2)63(50-33-27-46(28-34-50)44-20-11-8-12-21-44)59-36-30-48(38-55(59)61(56,3)4)47-29-35-58-54(37-47)52-23-15-16-24-57(52)62(58)49-31-25-45(26-32-49)43-18-9-7-10-19-43/h7-12,14-16,18-31,33-40,49H,5-6,13,17,32H2,1-4H3. The van der Waals surface area contributed by atoms with Gasteiger partial charge in [-0.05, 0) is 148 Å². The summed E-state index contributed by atoms with van der Waals surface area (Å²) in [4.78, 5) is 2.54. The highest BCUT2D eigenvalue weighted by Crippen LogP contribution is 2.54. The molecule has 7 aromatic carbocycles. The van der Waals surface area contributed by atoms with E-state index in [0.29, 0.717) is 0 Å². The second kappa shape index (κ2) is 15.8. The molecule has 2 nitrogen and oxygen atoms in total. The highest BCUT2D eigenvalue weighted by atomic mass is 15.2. The Hall–Kier alpha value is -6.90. The largest absolute Gasteiger partial charge is 0.333 e. The molecule has 11 rings (SSSR count). The predicted molar refractivity (Wildman–Crippen MR) is 269 cm³/mol. The molecule has 308 valence electrons. The van der Waals surface area contributed by atoms with Gasteiger partial charge in [0.15, 0.2) is 0 Å². The van der Waals surface area contributed by atoms with Crippen molar-refractivity contribution in [3.05, 3.63) is 221 Å². The van der Waals surface area contributed by atoms with E-state index in [2.05, 4.69) is 225 Å². The van der Waals surface area contributed by atoms with Gasteiger partial charge < -0.3 is 9.47 Å². The first-order chi connectivity index (χ1) is 30.9. The second-order valence-corrected chi connectivity index (χ2v) is 18.1. The maximum Gasteiger partial charge on any atom is 0.0560 e. The van der Waals surface area contributed by atoms with E-state index >= 15 is 0 Å². The van der Waals surface area contributed by atoms with Crippen molar-refractivity contribution in [1.82, 2.24) is 4.57 Å². The third-order valence-corrected chi connectivity index (χ3v) is 14.2. The molecule has 1 unspecified atom stereocenters. The van der Waals surface area contributed by atoms with Crippen LogP contribution in [0.3, 0.4) is 0 Å². The molecule has 0 amide bonds. The summed E-state index contributed by atoms with van der Waals surface area (Å²) in [6, 6.07) is 59.3. The van der Waals surface area contributed by atoms with Gasteiger partial charge in [0.1, 0.15) is 0 Å². The molecule has 2 heteroatoms. The third kappa shape index (κ3) is 6.63. The Morgan fingerprint density at radius 3 is 1.98 bits per heavy atom. The number of allylic oxidation sites excluding steroid dienone is 8. The first-order valence-corrected chi connectivity index (χ1v) is 23.0. The SMILES string of the molecule is CCC1=C(c2cc3c(cc2CC)N(c2ccc(-c4ccccc4)cc2)c2ccc(-c4ccc5c(c4)c4ccccc4n5C4C=CC(c5ccccc5)=CC4)cc2C3(C)C)C=CCC1. The van der Waals surface area contributed by atoms with Crippen molar-refractivity contribution in [2.24, 2.45) is 0 Å². The number of benzene rings is 7. The van der Waals surface area contributed by atoms with Crippen LogP contribution in [0.25, 0.3) is 55.2 Å². The van der Waals surface area contributed by atoms with Crippen molar-refractivity contribution < 1.29 is 0 Å². The van der Waals surface area contributed by atoms with Crippen molar-refractivity contribution >= 4 is 50.0 Å². The Morgan fingerprint density at radius 1 is 0.571 bits per heavy atom. The number of rotatable bonds is 8. The van der Waals surface area contributed by atoms with Crippen LogP contribution in [0.2, 0.25) is 0 Å². The lowest BCUT2D eigenvalue weighted by Crippen LogP contribution is -2.31. The van der Waals surface area contributed by atoms with Gasteiger partial charge in [-0.15, -0.1) is 0 Å². The lowest BCUT2D eigenvalue weighted by molar-refractivity contribution is 0.631. The summed E-state index contributed by atoms with van der Waals surface area (Å²) >= 11 is 0. The lowest BCUT2D eigenvalue weighted by Gasteiger charge is -2.43. The topological polar surface area (TPSA) is 8.17 Å². The molecule has 0 bridgehead atoms. The van der Waals surface area contributed by atoms with Crippen molar-refractivity contribution in [2.45, 2.75) is 71.3 Å². The van der Waals surface area contributed by atoms with Gasteiger partial charge in [0.2, 0.25) is 0 Å². The molecular weight excluding hydrogens is 761 g/mol. The minimum atomic E-state index is -0.257. The van der Waals surface area contributed by atoms with E-state index in [4.69, 9.17) is 0 Å². The highest BCUT2D eigenvalue weighted by Gasteiger charge is 2.38.